The minimum atomic E-state index is -3.62. The van der Waals surface area contributed by atoms with Crippen molar-refractivity contribution < 1.29 is 13.2 Å². The fraction of sp³-hybridized carbons (Fsp3) is 0.0909. The molecule has 6 nitrogen and oxygen atoms in total. The number of nitrogens with one attached hydrogen (secondary N) is 1. The molecule has 19 heavy (non-hydrogen) atoms. The molecular formula is C11H10ClN3O3S. The van der Waals surface area contributed by atoms with Gasteiger partial charge in [-0.2, -0.15) is 0 Å². The Morgan fingerprint density at radius 3 is 2.74 bits per heavy atom. The highest BCUT2D eigenvalue weighted by atomic mass is 35.5. The standard InChI is InChI=1S/C11H10ClN3O3S/c1-19(17,18)14-11(16)9-5-3-7-15(9)10-8(12)4-2-6-13-10/h2-7H,1H3,(H,14,16). The molecule has 1 amide bonds. The zero-order chi connectivity index (χ0) is 14.0. The Morgan fingerprint density at radius 2 is 2.11 bits per heavy atom. The fourth-order valence-corrected chi connectivity index (χ4v) is 2.18. The second-order valence-electron chi connectivity index (χ2n) is 3.78. The number of hydrogen-bond acceptors (Lipinski definition) is 4. The van der Waals surface area contributed by atoms with E-state index in [2.05, 4.69) is 4.98 Å². The monoisotopic (exact) mass is 299 g/mol. The van der Waals surface area contributed by atoms with Crippen LogP contribution in [0.4, 0.5) is 0 Å². The minimum absolute atomic E-state index is 0.131. The molecule has 0 saturated heterocycles. The summed E-state index contributed by atoms with van der Waals surface area (Å²) in [6.45, 7) is 0. The third-order valence-corrected chi connectivity index (χ3v) is 3.08. The van der Waals surface area contributed by atoms with Crippen LogP contribution in [0.1, 0.15) is 10.5 Å². The maximum atomic E-state index is 11.8. The van der Waals surface area contributed by atoms with E-state index in [1.54, 1.807) is 24.4 Å². The normalized spacial score (nSPS) is 11.3. The zero-order valence-electron chi connectivity index (χ0n) is 9.87. The molecule has 0 bridgehead atoms. The van der Waals surface area contributed by atoms with Crippen LogP contribution in [0.25, 0.3) is 5.82 Å². The van der Waals surface area contributed by atoms with E-state index < -0.39 is 15.9 Å². The second kappa shape index (κ2) is 5.02. The molecule has 0 saturated carbocycles. The molecule has 8 heteroatoms. The number of pyridine rings is 1. The first kappa shape index (κ1) is 13.6. The first-order valence-corrected chi connectivity index (χ1v) is 7.46. The van der Waals surface area contributed by atoms with Crippen molar-refractivity contribution in [2.75, 3.05) is 6.26 Å². The lowest BCUT2D eigenvalue weighted by atomic mass is 10.4. The average molecular weight is 300 g/mol. The maximum Gasteiger partial charge on any atom is 0.281 e. The Balaban J connectivity index is 2.44. The van der Waals surface area contributed by atoms with Crippen LogP contribution in [0.2, 0.25) is 5.02 Å². The highest BCUT2D eigenvalue weighted by molar-refractivity contribution is 7.89. The molecular weight excluding hydrogens is 290 g/mol. The number of aromatic nitrogens is 2. The van der Waals surface area contributed by atoms with Crippen molar-refractivity contribution in [3.05, 3.63) is 47.4 Å². The van der Waals surface area contributed by atoms with Gasteiger partial charge in [-0.3, -0.25) is 9.36 Å². The lowest BCUT2D eigenvalue weighted by molar-refractivity contribution is 0.0975. The van der Waals surface area contributed by atoms with Gasteiger partial charge in [0.25, 0.3) is 5.91 Å². The van der Waals surface area contributed by atoms with Crippen LogP contribution in [0.5, 0.6) is 0 Å². The predicted octanol–water partition coefficient (Wildman–Crippen LogP) is 1.22. The maximum absolute atomic E-state index is 11.8. The van der Waals surface area contributed by atoms with Crippen molar-refractivity contribution in [3.63, 3.8) is 0 Å². The molecule has 2 aromatic heterocycles. The lowest BCUT2D eigenvalue weighted by Gasteiger charge is -2.09. The van der Waals surface area contributed by atoms with Gasteiger partial charge in [0, 0.05) is 12.4 Å². The zero-order valence-corrected chi connectivity index (χ0v) is 11.4. The molecule has 0 fully saturated rings. The Morgan fingerprint density at radius 1 is 1.37 bits per heavy atom. The molecule has 1 N–H and O–H groups in total. The van der Waals surface area contributed by atoms with Crippen molar-refractivity contribution in [2.45, 2.75) is 0 Å². The molecule has 0 radical (unpaired) electrons. The number of carbonyl (C=O) groups is 1. The Labute approximate surface area is 115 Å². The SMILES string of the molecule is CS(=O)(=O)NC(=O)c1cccn1-c1ncccc1Cl. The predicted molar refractivity (Wildman–Crippen MR) is 70.9 cm³/mol. The van der Waals surface area contributed by atoms with E-state index in [0.717, 1.165) is 6.26 Å². The highest BCUT2D eigenvalue weighted by Gasteiger charge is 2.17. The van der Waals surface area contributed by atoms with Crippen molar-refractivity contribution in [1.29, 1.82) is 0 Å². The summed E-state index contributed by atoms with van der Waals surface area (Å²) >= 11 is 5.99. The Kier molecular flexibility index (Phi) is 3.59. The molecule has 2 rings (SSSR count). The summed E-state index contributed by atoms with van der Waals surface area (Å²) < 4.78 is 25.4. The van der Waals surface area contributed by atoms with Gasteiger partial charge in [0.05, 0.1) is 11.3 Å². The molecule has 0 aliphatic carbocycles. The summed E-state index contributed by atoms with van der Waals surface area (Å²) in [4.78, 5) is 15.9. The molecule has 2 heterocycles. The second-order valence-corrected chi connectivity index (χ2v) is 5.93. The summed E-state index contributed by atoms with van der Waals surface area (Å²) in [5, 5.41) is 0.354. The Bertz CT molecular complexity index is 724. The summed E-state index contributed by atoms with van der Waals surface area (Å²) in [7, 11) is -3.62. The quantitative estimate of drug-likeness (QED) is 0.924. The van der Waals surface area contributed by atoms with E-state index in [4.69, 9.17) is 11.6 Å². The van der Waals surface area contributed by atoms with Gasteiger partial charge in [0.2, 0.25) is 10.0 Å². The van der Waals surface area contributed by atoms with E-state index in [9.17, 15) is 13.2 Å². The number of amides is 1. The molecule has 0 aliphatic rings. The van der Waals surface area contributed by atoms with Gasteiger partial charge in [-0.1, -0.05) is 11.6 Å². The number of nitrogens with zero attached hydrogens (tertiary/aromatic N) is 2. The van der Waals surface area contributed by atoms with Gasteiger partial charge in [0.1, 0.15) is 5.69 Å². The average Bonchev–Trinajstić information content (AvgIpc) is 2.76. The van der Waals surface area contributed by atoms with Crippen LogP contribution in [0, 0.1) is 0 Å². The van der Waals surface area contributed by atoms with E-state index in [1.807, 2.05) is 4.72 Å². The highest BCUT2D eigenvalue weighted by Crippen LogP contribution is 2.19. The van der Waals surface area contributed by atoms with Crippen LogP contribution in [0.3, 0.4) is 0 Å². The third-order valence-electron chi connectivity index (χ3n) is 2.23. The molecule has 0 spiro atoms. The number of hydrogen-bond donors (Lipinski definition) is 1. The molecule has 2 aromatic rings. The number of halogens is 1. The minimum Gasteiger partial charge on any atom is -0.295 e. The van der Waals surface area contributed by atoms with Crippen molar-refractivity contribution >= 4 is 27.5 Å². The van der Waals surface area contributed by atoms with Crippen LogP contribution in [-0.4, -0.2) is 30.1 Å². The number of sulfonamides is 1. The molecule has 0 unspecified atom stereocenters. The first-order valence-electron chi connectivity index (χ1n) is 5.19. The van der Waals surface area contributed by atoms with Crippen molar-refractivity contribution in [2.24, 2.45) is 0 Å². The van der Waals surface area contributed by atoms with Crippen molar-refractivity contribution in [3.8, 4) is 5.82 Å². The molecule has 0 aliphatic heterocycles. The number of rotatable bonds is 3. The summed E-state index contributed by atoms with van der Waals surface area (Å²) in [5.41, 5.74) is 0.131. The van der Waals surface area contributed by atoms with Gasteiger partial charge in [-0.15, -0.1) is 0 Å². The van der Waals surface area contributed by atoms with E-state index in [-0.39, 0.29) is 5.69 Å². The Hall–Kier alpha value is -1.86. The van der Waals surface area contributed by atoms with E-state index in [1.165, 1.54) is 16.8 Å². The van der Waals surface area contributed by atoms with Crippen LogP contribution in [0.15, 0.2) is 36.7 Å². The first-order chi connectivity index (χ1) is 8.88. The van der Waals surface area contributed by atoms with Gasteiger partial charge in [-0.25, -0.2) is 18.1 Å². The van der Waals surface area contributed by atoms with Gasteiger partial charge in [0.15, 0.2) is 5.82 Å². The summed E-state index contributed by atoms with van der Waals surface area (Å²) in [5.74, 6) is -0.387. The number of carbonyl (C=O) groups excluding carboxylic acids is 1. The molecule has 0 atom stereocenters. The van der Waals surface area contributed by atoms with Crippen LogP contribution < -0.4 is 4.72 Å². The van der Waals surface area contributed by atoms with Gasteiger partial charge >= 0.3 is 0 Å². The summed E-state index contributed by atoms with van der Waals surface area (Å²) in [6, 6.07) is 6.36. The molecule has 100 valence electrons. The van der Waals surface area contributed by atoms with Gasteiger partial charge < -0.3 is 0 Å². The third kappa shape index (κ3) is 3.12. The van der Waals surface area contributed by atoms with Gasteiger partial charge in [-0.05, 0) is 24.3 Å². The topological polar surface area (TPSA) is 81.1 Å². The molecule has 0 aromatic carbocycles. The van der Waals surface area contributed by atoms with E-state index >= 15 is 0 Å². The van der Waals surface area contributed by atoms with E-state index in [0.29, 0.717) is 10.8 Å². The van der Waals surface area contributed by atoms with Crippen LogP contribution >= 0.6 is 11.6 Å². The fourth-order valence-electron chi connectivity index (χ4n) is 1.53. The van der Waals surface area contributed by atoms with Crippen molar-refractivity contribution in [1.82, 2.24) is 14.3 Å². The smallest absolute Gasteiger partial charge is 0.281 e. The summed E-state index contributed by atoms with van der Waals surface area (Å²) in [6.07, 6.45) is 4.01. The lowest BCUT2D eigenvalue weighted by Crippen LogP contribution is -2.30. The van der Waals surface area contributed by atoms with Crippen LogP contribution in [-0.2, 0) is 10.0 Å². The largest absolute Gasteiger partial charge is 0.295 e.